The highest BCUT2D eigenvalue weighted by Crippen LogP contribution is 2.43. The number of nitrogens with two attached hydrogens (primary N) is 1. The van der Waals surface area contributed by atoms with Crippen molar-refractivity contribution in [2.75, 3.05) is 32.8 Å². The summed E-state index contributed by atoms with van der Waals surface area (Å²) >= 11 is 0. The van der Waals surface area contributed by atoms with Gasteiger partial charge in [0.2, 0.25) is 0 Å². The molecule has 2 fully saturated rings. The first-order valence-corrected chi connectivity index (χ1v) is 5.83. The summed E-state index contributed by atoms with van der Waals surface area (Å²) in [6.45, 7) is 5.04. The van der Waals surface area contributed by atoms with Gasteiger partial charge in [0, 0.05) is 19.8 Å². The molecule has 1 saturated carbocycles. The van der Waals surface area contributed by atoms with Crippen molar-refractivity contribution in [2.45, 2.75) is 25.7 Å². The minimum absolute atomic E-state index is 0.477. The van der Waals surface area contributed by atoms with Crippen LogP contribution in [0.4, 0.5) is 0 Å². The topological polar surface area (TPSA) is 47.3 Å². The van der Waals surface area contributed by atoms with Gasteiger partial charge in [-0.15, -0.1) is 0 Å². The van der Waals surface area contributed by atoms with Crippen molar-refractivity contribution in [1.82, 2.24) is 5.32 Å². The highest BCUT2D eigenvalue weighted by molar-refractivity contribution is 4.95. The molecule has 82 valence electrons. The Hall–Kier alpha value is -0.120. The van der Waals surface area contributed by atoms with E-state index in [1.54, 1.807) is 0 Å². The van der Waals surface area contributed by atoms with Gasteiger partial charge in [-0.3, -0.25) is 0 Å². The molecule has 3 N–H and O–H groups in total. The van der Waals surface area contributed by atoms with E-state index in [0.29, 0.717) is 5.41 Å². The molecule has 0 amide bonds. The van der Waals surface area contributed by atoms with Crippen molar-refractivity contribution in [3.05, 3.63) is 0 Å². The van der Waals surface area contributed by atoms with Gasteiger partial charge in [-0.1, -0.05) is 0 Å². The van der Waals surface area contributed by atoms with E-state index < -0.39 is 0 Å². The van der Waals surface area contributed by atoms with Crippen LogP contribution in [0.5, 0.6) is 0 Å². The zero-order valence-corrected chi connectivity index (χ0v) is 8.93. The Morgan fingerprint density at radius 1 is 1.29 bits per heavy atom. The minimum Gasteiger partial charge on any atom is -0.381 e. The number of ether oxygens (including phenoxy) is 1. The smallest absolute Gasteiger partial charge is 0.0469 e. The summed E-state index contributed by atoms with van der Waals surface area (Å²) < 4.78 is 5.33. The normalized spacial score (nSPS) is 26.4. The zero-order chi connectivity index (χ0) is 9.86. The van der Waals surface area contributed by atoms with Crippen LogP contribution in [0.1, 0.15) is 25.7 Å². The molecule has 2 aliphatic rings. The molecule has 0 spiro atoms. The lowest BCUT2D eigenvalue weighted by Gasteiger charge is -2.23. The number of rotatable bonds is 5. The molecule has 1 saturated heterocycles. The van der Waals surface area contributed by atoms with Crippen molar-refractivity contribution in [1.29, 1.82) is 0 Å². The monoisotopic (exact) mass is 198 g/mol. The summed E-state index contributed by atoms with van der Waals surface area (Å²) in [7, 11) is 0. The van der Waals surface area contributed by atoms with Gasteiger partial charge in [0.1, 0.15) is 0 Å². The van der Waals surface area contributed by atoms with Crippen LogP contribution in [0.25, 0.3) is 0 Å². The van der Waals surface area contributed by atoms with Crippen LogP contribution in [-0.2, 0) is 4.74 Å². The van der Waals surface area contributed by atoms with E-state index in [9.17, 15) is 0 Å². The molecule has 0 aromatic carbocycles. The summed E-state index contributed by atoms with van der Waals surface area (Å²) in [5.74, 6) is 0.831. The molecular weight excluding hydrogens is 176 g/mol. The van der Waals surface area contributed by atoms with Crippen molar-refractivity contribution < 1.29 is 4.74 Å². The lowest BCUT2D eigenvalue weighted by molar-refractivity contribution is 0.0660. The highest BCUT2D eigenvalue weighted by atomic mass is 16.5. The van der Waals surface area contributed by atoms with Gasteiger partial charge in [0.25, 0.3) is 0 Å². The highest BCUT2D eigenvalue weighted by Gasteiger charge is 2.40. The van der Waals surface area contributed by atoms with Gasteiger partial charge >= 0.3 is 0 Å². The van der Waals surface area contributed by atoms with Crippen LogP contribution in [-0.4, -0.2) is 32.8 Å². The standard InChI is InChI=1S/C11H22N2O/c12-8-11(3-4-11)9-13-7-10-1-5-14-6-2-10/h10,13H,1-9,12H2. The van der Waals surface area contributed by atoms with Crippen LogP contribution >= 0.6 is 0 Å². The van der Waals surface area contributed by atoms with E-state index >= 15 is 0 Å². The summed E-state index contributed by atoms with van der Waals surface area (Å²) in [5, 5.41) is 3.57. The third kappa shape index (κ3) is 2.69. The second kappa shape index (κ2) is 4.60. The first kappa shape index (κ1) is 10.4. The second-order valence-corrected chi connectivity index (χ2v) is 4.89. The van der Waals surface area contributed by atoms with E-state index in [0.717, 1.165) is 38.8 Å². The van der Waals surface area contributed by atoms with Crippen molar-refractivity contribution in [3.8, 4) is 0 Å². The van der Waals surface area contributed by atoms with Gasteiger partial charge in [-0.2, -0.15) is 0 Å². The summed E-state index contributed by atoms with van der Waals surface area (Å²) in [5.41, 5.74) is 6.21. The average Bonchev–Trinajstić information content (AvgIpc) is 3.00. The zero-order valence-electron chi connectivity index (χ0n) is 8.93. The van der Waals surface area contributed by atoms with E-state index in [2.05, 4.69) is 5.32 Å². The molecule has 0 radical (unpaired) electrons. The number of nitrogens with one attached hydrogen (secondary N) is 1. The van der Waals surface area contributed by atoms with Crippen LogP contribution in [0.3, 0.4) is 0 Å². The van der Waals surface area contributed by atoms with Crippen molar-refractivity contribution in [3.63, 3.8) is 0 Å². The Morgan fingerprint density at radius 2 is 2.00 bits per heavy atom. The molecular formula is C11H22N2O. The SMILES string of the molecule is NCC1(CNCC2CCOCC2)CC1. The van der Waals surface area contributed by atoms with Crippen LogP contribution in [0.2, 0.25) is 0 Å². The molecule has 1 aliphatic carbocycles. The first-order valence-electron chi connectivity index (χ1n) is 5.83. The maximum Gasteiger partial charge on any atom is 0.0469 e. The maximum atomic E-state index is 5.73. The molecule has 0 aromatic rings. The fourth-order valence-corrected chi connectivity index (χ4v) is 2.12. The molecule has 1 heterocycles. The average molecular weight is 198 g/mol. The molecule has 0 unspecified atom stereocenters. The van der Waals surface area contributed by atoms with Gasteiger partial charge < -0.3 is 15.8 Å². The first-order chi connectivity index (χ1) is 6.85. The Kier molecular flexibility index (Phi) is 3.42. The third-order valence-corrected chi connectivity index (χ3v) is 3.66. The minimum atomic E-state index is 0.477. The van der Waals surface area contributed by atoms with E-state index in [1.165, 1.54) is 25.7 Å². The second-order valence-electron chi connectivity index (χ2n) is 4.89. The van der Waals surface area contributed by atoms with Gasteiger partial charge in [-0.25, -0.2) is 0 Å². The molecule has 2 rings (SSSR count). The van der Waals surface area contributed by atoms with E-state index in [1.807, 2.05) is 0 Å². The number of hydrogen-bond donors (Lipinski definition) is 2. The Labute approximate surface area is 86.4 Å². The Morgan fingerprint density at radius 3 is 2.57 bits per heavy atom. The molecule has 1 aliphatic heterocycles. The van der Waals surface area contributed by atoms with Gasteiger partial charge in [-0.05, 0) is 50.1 Å². The summed E-state index contributed by atoms with van der Waals surface area (Å²) in [6, 6.07) is 0. The van der Waals surface area contributed by atoms with Crippen molar-refractivity contribution >= 4 is 0 Å². The fourth-order valence-electron chi connectivity index (χ4n) is 2.12. The van der Waals surface area contributed by atoms with Crippen LogP contribution < -0.4 is 11.1 Å². The lowest BCUT2D eigenvalue weighted by atomic mass is 10.00. The van der Waals surface area contributed by atoms with E-state index in [4.69, 9.17) is 10.5 Å². The Bertz CT molecular complexity index is 174. The third-order valence-electron chi connectivity index (χ3n) is 3.66. The summed E-state index contributed by atoms with van der Waals surface area (Å²) in [6.07, 6.45) is 5.10. The fraction of sp³-hybridized carbons (Fsp3) is 1.00. The lowest BCUT2D eigenvalue weighted by Crippen LogP contribution is -2.34. The van der Waals surface area contributed by atoms with Gasteiger partial charge in [0.05, 0.1) is 0 Å². The molecule has 0 atom stereocenters. The molecule has 3 nitrogen and oxygen atoms in total. The molecule has 3 heteroatoms. The van der Waals surface area contributed by atoms with E-state index in [-0.39, 0.29) is 0 Å². The predicted molar refractivity (Wildman–Crippen MR) is 57.1 cm³/mol. The molecule has 0 aromatic heterocycles. The number of hydrogen-bond acceptors (Lipinski definition) is 3. The predicted octanol–water partition coefficient (Wildman–Crippen LogP) is 0.741. The largest absolute Gasteiger partial charge is 0.381 e. The summed E-state index contributed by atoms with van der Waals surface area (Å²) in [4.78, 5) is 0. The Balaban J connectivity index is 1.58. The van der Waals surface area contributed by atoms with Crippen LogP contribution in [0, 0.1) is 11.3 Å². The van der Waals surface area contributed by atoms with Gasteiger partial charge in [0.15, 0.2) is 0 Å². The quantitative estimate of drug-likeness (QED) is 0.685. The molecule has 0 bridgehead atoms. The maximum absolute atomic E-state index is 5.73. The molecule has 14 heavy (non-hydrogen) atoms. The van der Waals surface area contributed by atoms with Crippen molar-refractivity contribution in [2.24, 2.45) is 17.1 Å². The van der Waals surface area contributed by atoms with Crippen LogP contribution in [0.15, 0.2) is 0 Å².